The molecule has 0 aliphatic heterocycles. The number of hydrogen-bond donors (Lipinski definition) is 1. The van der Waals surface area contributed by atoms with Crippen molar-refractivity contribution in [3.8, 4) is 0 Å². The summed E-state index contributed by atoms with van der Waals surface area (Å²) in [6, 6.07) is 12.5. The first-order chi connectivity index (χ1) is 9.93. The Kier molecular flexibility index (Phi) is 4.97. The first-order valence-corrected chi connectivity index (χ1v) is 8.29. The van der Waals surface area contributed by atoms with Gasteiger partial charge in [0.25, 0.3) is 0 Å². The van der Waals surface area contributed by atoms with Gasteiger partial charge in [-0.1, -0.05) is 23.9 Å². The van der Waals surface area contributed by atoms with Gasteiger partial charge in [0.1, 0.15) is 0 Å². The van der Waals surface area contributed by atoms with Crippen LogP contribution in [0.2, 0.25) is 0 Å². The second-order valence-electron chi connectivity index (χ2n) is 4.18. The number of rotatable bonds is 5. The highest BCUT2D eigenvalue weighted by atomic mass is 32.2. The largest absolute Gasteiger partial charge is 0.392 e. The number of benzene rings is 2. The predicted molar refractivity (Wildman–Crippen MR) is 76.1 cm³/mol. The summed E-state index contributed by atoms with van der Waals surface area (Å²) < 4.78 is 47.4. The van der Waals surface area contributed by atoms with Crippen LogP contribution in [-0.2, 0) is 16.4 Å². The maximum atomic E-state index is 12.4. The zero-order valence-corrected chi connectivity index (χ0v) is 12.4. The molecule has 2 rings (SSSR count). The molecule has 0 aromatic heterocycles. The monoisotopic (exact) mass is 330 g/mol. The highest BCUT2D eigenvalue weighted by Gasteiger charge is 2.26. The van der Waals surface area contributed by atoms with E-state index >= 15 is 0 Å². The third-order valence-corrected chi connectivity index (χ3v) is 5.14. The molecule has 0 heterocycles. The lowest BCUT2D eigenvalue weighted by Gasteiger charge is -2.05. The van der Waals surface area contributed by atoms with E-state index in [1.807, 2.05) is 12.1 Å². The molecule has 0 saturated heterocycles. The molecule has 2 aromatic rings. The fraction of sp³-hybridized carbons (Fsp3) is 0.143. The van der Waals surface area contributed by atoms with Crippen molar-refractivity contribution >= 4 is 21.6 Å². The maximum Gasteiger partial charge on any atom is 0.341 e. The van der Waals surface area contributed by atoms with Crippen LogP contribution in [0.5, 0.6) is 0 Å². The molecule has 2 aromatic carbocycles. The third kappa shape index (κ3) is 3.81. The quantitative estimate of drug-likeness (QED) is 0.914. The van der Waals surface area contributed by atoms with Crippen LogP contribution in [0, 0.1) is 0 Å². The van der Waals surface area contributed by atoms with E-state index in [-0.39, 0.29) is 6.61 Å². The fourth-order valence-electron chi connectivity index (χ4n) is 1.60. The molecule has 7 heteroatoms. The average molecular weight is 330 g/mol. The number of aliphatic hydroxyl groups is 1. The molecular formula is C14H12F2O3S2. The van der Waals surface area contributed by atoms with Crippen molar-refractivity contribution in [2.24, 2.45) is 0 Å². The summed E-state index contributed by atoms with van der Waals surface area (Å²) in [6.45, 7) is -0.0366. The third-order valence-electron chi connectivity index (χ3n) is 2.73. The second kappa shape index (κ2) is 6.55. The first kappa shape index (κ1) is 15.9. The van der Waals surface area contributed by atoms with Crippen LogP contribution in [-0.4, -0.2) is 19.3 Å². The zero-order valence-electron chi connectivity index (χ0n) is 10.7. The Morgan fingerprint density at radius 3 is 1.86 bits per heavy atom. The lowest BCUT2D eigenvalue weighted by atomic mass is 10.2. The Bertz CT molecular complexity index is 696. The van der Waals surface area contributed by atoms with Gasteiger partial charge in [-0.25, -0.2) is 8.42 Å². The maximum absolute atomic E-state index is 12.4. The molecule has 0 unspecified atom stereocenters. The molecular weight excluding hydrogens is 318 g/mol. The molecule has 0 amide bonds. The number of halogens is 2. The van der Waals surface area contributed by atoms with Crippen LogP contribution < -0.4 is 0 Å². The average Bonchev–Trinajstić information content (AvgIpc) is 2.48. The molecule has 3 nitrogen and oxygen atoms in total. The van der Waals surface area contributed by atoms with Crippen LogP contribution in [0.4, 0.5) is 8.78 Å². The smallest absolute Gasteiger partial charge is 0.341 e. The summed E-state index contributed by atoms with van der Waals surface area (Å²) in [5.41, 5.74) is 0.790. The van der Waals surface area contributed by atoms with Crippen LogP contribution in [0.25, 0.3) is 0 Å². The summed E-state index contributed by atoms with van der Waals surface area (Å²) in [6.07, 6.45) is 0. The van der Waals surface area contributed by atoms with Crippen molar-refractivity contribution < 1.29 is 22.3 Å². The molecule has 0 atom stereocenters. The minimum absolute atomic E-state index is 0.0366. The van der Waals surface area contributed by atoms with Crippen LogP contribution >= 0.6 is 11.8 Å². The summed E-state index contributed by atoms with van der Waals surface area (Å²) in [5, 5.41) is 8.94. The van der Waals surface area contributed by atoms with E-state index in [2.05, 4.69) is 0 Å². The topological polar surface area (TPSA) is 54.4 Å². The van der Waals surface area contributed by atoms with Gasteiger partial charge in [-0.15, -0.1) is 0 Å². The summed E-state index contributed by atoms with van der Waals surface area (Å²) >= 11 is 1.37. The Hall–Kier alpha value is -1.44. The second-order valence-corrected chi connectivity index (χ2v) is 7.25. The van der Waals surface area contributed by atoms with E-state index < -0.39 is 20.5 Å². The first-order valence-electron chi connectivity index (χ1n) is 5.93. The molecule has 0 fully saturated rings. The molecule has 1 N–H and O–H groups in total. The van der Waals surface area contributed by atoms with Gasteiger partial charge in [-0.05, 0) is 42.0 Å². The Labute approximate surface area is 125 Å². The Balaban J connectivity index is 2.15. The van der Waals surface area contributed by atoms with Crippen molar-refractivity contribution in [2.75, 3.05) is 0 Å². The molecule has 0 saturated carbocycles. The van der Waals surface area contributed by atoms with Gasteiger partial charge in [-0.3, -0.25) is 0 Å². The summed E-state index contributed by atoms with van der Waals surface area (Å²) in [5.74, 6) is -3.41. The number of hydrogen-bond acceptors (Lipinski definition) is 4. The summed E-state index contributed by atoms with van der Waals surface area (Å²) in [7, 11) is -4.55. The van der Waals surface area contributed by atoms with Crippen LogP contribution in [0.3, 0.4) is 0 Å². The normalized spacial score (nSPS) is 11.8. The number of aliphatic hydroxyl groups excluding tert-OH is 1. The van der Waals surface area contributed by atoms with E-state index in [9.17, 15) is 17.2 Å². The molecule has 0 aliphatic carbocycles. The van der Waals surface area contributed by atoms with Crippen molar-refractivity contribution in [3.63, 3.8) is 0 Å². The van der Waals surface area contributed by atoms with E-state index in [1.165, 1.54) is 36.0 Å². The van der Waals surface area contributed by atoms with Gasteiger partial charge >= 0.3 is 5.76 Å². The van der Waals surface area contributed by atoms with E-state index in [0.717, 1.165) is 15.4 Å². The van der Waals surface area contributed by atoms with Gasteiger partial charge in [0, 0.05) is 9.79 Å². The van der Waals surface area contributed by atoms with E-state index in [0.29, 0.717) is 0 Å². The van der Waals surface area contributed by atoms with Gasteiger partial charge in [-0.2, -0.15) is 8.78 Å². The molecule has 0 aliphatic rings. The molecule has 112 valence electrons. The standard InChI is InChI=1S/C14H12F2O3S2/c15-14(16)21(18,19)13-7-5-12(6-8-13)20-11-3-1-10(9-17)2-4-11/h1-8,14,17H,9H2. The fourth-order valence-corrected chi connectivity index (χ4v) is 3.14. The van der Waals surface area contributed by atoms with Gasteiger partial charge in [0.05, 0.1) is 11.5 Å². The van der Waals surface area contributed by atoms with Crippen LogP contribution in [0.1, 0.15) is 5.56 Å². The van der Waals surface area contributed by atoms with Crippen molar-refractivity contribution in [3.05, 3.63) is 54.1 Å². The lowest BCUT2D eigenvalue weighted by molar-refractivity contribution is 0.234. The Morgan fingerprint density at radius 1 is 0.952 bits per heavy atom. The van der Waals surface area contributed by atoms with Crippen molar-refractivity contribution in [1.82, 2.24) is 0 Å². The van der Waals surface area contributed by atoms with E-state index in [4.69, 9.17) is 5.11 Å². The molecule has 21 heavy (non-hydrogen) atoms. The minimum atomic E-state index is -4.55. The SMILES string of the molecule is O=S(=O)(c1ccc(Sc2ccc(CO)cc2)cc1)C(F)F. The highest BCUT2D eigenvalue weighted by Crippen LogP contribution is 2.29. The van der Waals surface area contributed by atoms with E-state index in [1.54, 1.807) is 12.1 Å². The Morgan fingerprint density at radius 2 is 1.43 bits per heavy atom. The highest BCUT2D eigenvalue weighted by molar-refractivity contribution is 7.99. The number of alkyl halides is 2. The van der Waals surface area contributed by atoms with Crippen LogP contribution in [0.15, 0.2) is 63.2 Å². The molecule has 0 bridgehead atoms. The van der Waals surface area contributed by atoms with Gasteiger partial charge < -0.3 is 5.11 Å². The predicted octanol–water partition coefficient (Wildman–Crippen LogP) is 3.33. The van der Waals surface area contributed by atoms with Crippen molar-refractivity contribution in [1.29, 1.82) is 0 Å². The van der Waals surface area contributed by atoms with Gasteiger partial charge in [0.2, 0.25) is 9.84 Å². The molecule has 0 spiro atoms. The minimum Gasteiger partial charge on any atom is -0.392 e. The zero-order chi connectivity index (χ0) is 15.5. The van der Waals surface area contributed by atoms with Crippen molar-refractivity contribution in [2.45, 2.75) is 27.1 Å². The van der Waals surface area contributed by atoms with Gasteiger partial charge in [0.15, 0.2) is 0 Å². The summed E-state index contributed by atoms with van der Waals surface area (Å²) in [4.78, 5) is 1.24. The molecule has 0 radical (unpaired) electrons. The lowest BCUT2D eigenvalue weighted by Crippen LogP contribution is -2.10. The number of sulfone groups is 1.